The fraction of sp³-hybridized carbons (Fsp3) is 0.875. The SMILES string of the molecule is CCN1CCC(CN2C(=O)C(CC)(CC)NC(=O)C2C)C1. The molecule has 0 aromatic heterocycles. The summed E-state index contributed by atoms with van der Waals surface area (Å²) >= 11 is 0. The monoisotopic (exact) mass is 295 g/mol. The van der Waals surface area contributed by atoms with E-state index in [9.17, 15) is 9.59 Å². The molecule has 0 bridgehead atoms. The molecule has 120 valence electrons. The van der Waals surface area contributed by atoms with Crippen molar-refractivity contribution in [3.05, 3.63) is 0 Å². The van der Waals surface area contributed by atoms with Crippen LogP contribution >= 0.6 is 0 Å². The highest BCUT2D eigenvalue weighted by molar-refractivity contribution is 5.99. The molecule has 2 atom stereocenters. The molecule has 0 saturated carbocycles. The van der Waals surface area contributed by atoms with Gasteiger partial charge in [-0.25, -0.2) is 0 Å². The number of hydrogen-bond acceptors (Lipinski definition) is 3. The molecule has 0 radical (unpaired) electrons. The zero-order valence-electron chi connectivity index (χ0n) is 13.8. The zero-order chi connectivity index (χ0) is 15.6. The van der Waals surface area contributed by atoms with Crippen molar-refractivity contribution >= 4 is 11.8 Å². The lowest BCUT2D eigenvalue weighted by Crippen LogP contribution is -2.69. The van der Waals surface area contributed by atoms with Gasteiger partial charge in [-0.1, -0.05) is 20.8 Å². The number of nitrogens with zero attached hydrogens (tertiary/aromatic N) is 2. The Kier molecular flexibility index (Phi) is 4.91. The van der Waals surface area contributed by atoms with Gasteiger partial charge in [0, 0.05) is 13.1 Å². The van der Waals surface area contributed by atoms with Crippen LogP contribution in [-0.4, -0.2) is 59.4 Å². The van der Waals surface area contributed by atoms with E-state index in [2.05, 4.69) is 17.1 Å². The minimum Gasteiger partial charge on any atom is -0.340 e. The average molecular weight is 295 g/mol. The van der Waals surface area contributed by atoms with Crippen LogP contribution in [0.5, 0.6) is 0 Å². The van der Waals surface area contributed by atoms with Crippen LogP contribution in [0.3, 0.4) is 0 Å². The first-order chi connectivity index (χ1) is 9.97. The van der Waals surface area contributed by atoms with E-state index < -0.39 is 5.54 Å². The van der Waals surface area contributed by atoms with E-state index in [0.717, 1.165) is 26.1 Å². The Balaban J connectivity index is 2.12. The lowest BCUT2D eigenvalue weighted by atomic mass is 9.87. The Morgan fingerprint density at radius 2 is 1.90 bits per heavy atom. The van der Waals surface area contributed by atoms with E-state index in [-0.39, 0.29) is 17.9 Å². The summed E-state index contributed by atoms with van der Waals surface area (Å²) in [7, 11) is 0. The van der Waals surface area contributed by atoms with Crippen molar-refractivity contribution < 1.29 is 9.59 Å². The molecule has 21 heavy (non-hydrogen) atoms. The first-order valence-electron chi connectivity index (χ1n) is 8.32. The normalized spacial score (nSPS) is 29.8. The van der Waals surface area contributed by atoms with Crippen molar-refractivity contribution in [2.45, 2.75) is 58.5 Å². The van der Waals surface area contributed by atoms with Gasteiger partial charge in [-0.3, -0.25) is 9.59 Å². The van der Waals surface area contributed by atoms with Crippen LogP contribution in [0.15, 0.2) is 0 Å². The van der Waals surface area contributed by atoms with Gasteiger partial charge in [0.1, 0.15) is 11.6 Å². The van der Waals surface area contributed by atoms with Gasteiger partial charge in [-0.05, 0) is 45.2 Å². The third kappa shape index (κ3) is 2.93. The summed E-state index contributed by atoms with van der Waals surface area (Å²) < 4.78 is 0. The maximum atomic E-state index is 12.9. The quantitative estimate of drug-likeness (QED) is 0.830. The van der Waals surface area contributed by atoms with Gasteiger partial charge in [0.2, 0.25) is 11.8 Å². The van der Waals surface area contributed by atoms with Crippen LogP contribution < -0.4 is 5.32 Å². The van der Waals surface area contributed by atoms with Gasteiger partial charge in [-0.15, -0.1) is 0 Å². The smallest absolute Gasteiger partial charge is 0.248 e. The van der Waals surface area contributed by atoms with Crippen molar-refractivity contribution in [2.75, 3.05) is 26.2 Å². The molecule has 2 rings (SSSR count). The van der Waals surface area contributed by atoms with Crippen molar-refractivity contribution in [1.29, 1.82) is 0 Å². The second-order valence-corrected chi connectivity index (χ2v) is 6.46. The van der Waals surface area contributed by atoms with Gasteiger partial charge in [0.15, 0.2) is 0 Å². The number of nitrogens with one attached hydrogen (secondary N) is 1. The second-order valence-electron chi connectivity index (χ2n) is 6.46. The van der Waals surface area contributed by atoms with E-state index in [1.807, 2.05) is 25.7 Å². The summed E-state index contributed by atoms with van der Waals surface area (Å²) in [6.07, 6.45) is 2.43. The fourth-order valence-electron chi connectivity index (χ4n) is 3.58. The molecule has 0 aromatic rings. The van der Waals surface area contributed by atoms with Crippen LogP contribution in [0.25, 0.3) is 0 Å². The lowest BCUT2D eigenvalue weighted by molar-refractivity contribution is -0.155. The van der Waals surface area contributed by atoms with Crippen LogP contribution in [0.4, 0.5) is 0 Å². The third-order valence-electron chi connectivity index (χ3n) is 5.36. The average Bonchev–Trinajstić information content (AvgIpc) is 2.95. The summed E-state index contributed by atoms with van der Waals surface area (Å²) in [6.45, 7) is 11.9. The van der Waals surface area contributed by atoms with E-state index >= 15 is 0 Å². The predicted molar refractivity (Wildman–Crippen MR) is 82.9 cm³/mol. The molecule has 2 fully saturated rings. The first-order valence-corrected chi connectivity index (χ1v) is 8.32. The lowest BCUT2D eigenvalue weighted by Gasteiger charge is -2.45. The fourth-order valence-corrected chi connectivity index (χ4v) is 3.58. The molecular formula is C16H29N3O2. The topological polar surface area (TPSA) is 52.6 Å². The van der Waals surface area contributed by atoms with Crippen molar-refractivity contribution in [3.63, 3.8) is 0 Å². The molecule has 0 aromatic carbocycles. The number of hydrogen-bond donors (Lipinski definition) is 1. The van der Waals surface area contributed by atoms with Crippen LogP contribution in [-0.2, 0) is 9.59 Å². The molecule has 2 amide bonds. The Bertz CT molecular complexity index is 406. The van der Waals surface area contributed by atoms with E-state index in [0.29, 0.717) is 25.3 Å². The number of piperazine rings is 1. The maximum Gasteiger partial charge on any atom is 0.248 e. The minimum absolute atomic E-state index is 0.0105. The van der Waals surface area contributed by atoms with Crippen molar-refractivity contribution in [2.24, 2.45) is 5.92 Å². The van der Waals surface area contributed by atoms with Crippen LogP contribution in [0.2, 0.25) is 0 Å². The molecule has 5 heteroatoms. The predicted octanol–water partition coefficient (Wildman–Crippen LogP) is 1.23. The third-order valence-corrected chi connectivity index (χ3v) is 5.36. The molecule has 2 aliphatic heterocycles. The molecule has 0 spiro atoms. The summed E-state index contributed by atoms with van der Waals surface area (Å²) in [6, 6.07) is -0.348. The van der Waals surface area contributed by atoms with Gasteiger partial charge in [0.25, 0.3) is 0 Å². The number of rotatable bonds is 5. The Labute approximate surface area is 128 Å². The molecule has 2 aliphatic rings. The van der Waals surface area contributed by atoms with E-state index in [1.54, 1.807) is 0 Å². The van der Waals surface area contributed by atoms with E-state index in [1.165, 1.54) is 0 Å². The number of amides is 2. The highest BCUT2D eigenvalue weighted by atomic mass is 16.2. The maximum absolute atomic E-state index is 12.9. The summed E-state index contributed by atoms with van der Waals surface area (Å²) in [5, 5.41) is 2.96. The van der Waals surface area contributed by atoms with Crippen molar-refractivity contribution in [1.82, 2.24) is 15.1 Å². The van der Waals surface area contributed by atoms with Crippen LogP contribution in [0, 0.1) is 5.92 Å². The number of carbonyl (C=O) groups excluding carboxylic acids is 2. The first kappa shape index (κ1) is 16.3. The Hall–Kier alpha value is -1.10. The molecule has 0 aliphatic carbocycles. The number of carbonyl (C=O) groups is 2. The summed E-state index contributed by atoms with van der Waals surface area (Å²) in [4.78, 5) is 29.4. The summed E-state index contributed by atoms with van der Waals surface area (Å²) in [5.41, 5.74) is -0.688. The van der Waals surface area contributed by atoms with E-state index in [4.69, 9.17) is 0 Å². The molecular weight excluding hydrogens is 266 g/mol. The minimum atomic E-state index is -0.688. The molecule has 2 saturated heterocycles. The van der Waals surface area contributed by atoms with Crippen molar-refractivity contribution in [3.8, 4) is 0 Å². The second kappa shape index (κ2) is 6.34. The molecule has 2 unspecified atom stereocenters. The largest absolute Gasteiger partial charge is 0.340 e. The van der Waals surface area contributed by atoms with Gasteiger partial charge in [-0.2, -0.15) is 0 Å². The molecule has 2 heterocycles. The Morgan fingerprint density at radius 3 is 2.43 bits per heavy atom. The highest BCUT2D eigenvalue weighted by Crippen LogP contribution is 2.27. The summed E-state index contributed by atoms with van der Waals surface area (Å²) in [5.74, 6) is 0.590. The Morgan fingerprint density at radius 1 is 1.24 bits per heavy atom. The van der Waals surface area contributed by atoms with Gasteiger partial charge < -0.3 is 15.1 Å². The highest BCUT2D eigenvalue weighted by Gasteiger charge is 2.47. The number of likely N-dealkylation sites (tertiary alicyclic amines) is 1. The molecule has 1 N–H and O–H groups in total. The van der Waals surface area contributed by atoms with Gasteiger partial charge in [0.05, 0.1) is 0 Å². The molecule has 5 nitrogen and oxygen atoms in total. The standard InChI is InChI=1S/C16H29N3O2/c1-5-16(6-2)15(21)19(12(4)14(20)17-16)11-13-8-9-18(7-3)10-13/h12-13H,5-11H2,1-4H3,(H,17,20). The van der Waals surface area contributed by atoms with Gasteiger partial charge >= 0.3 is 0 Å². The zero-order valence-corrected chi connectivity index (χ0v) is 13.8. The van der Waals surface area contributed by atoms with Crippen LogP contribution in [0.1, 0.15) is 47.0 Å².